The lowest BCUT2D eigenvalue weighted by Gasteiger charge is -2.25. The summed E-state index contributed by atoms with van der Waals surface area (Å²) in [6, 6.07) is 6.70. The first-order chi connectivity index (χ1) is 9.75. The molecule has 0 aromatic heterocycles. The molecule has 0 heterocycles. The Morgan fingerprint density at radius 1 is 0.762 bits per heavy atom. The molecule has 0 aliphatic rings. The summed E-state index contributed by atoms with van der Waals surface area (Å²) in [4.78, 5) is 0. The van der Waals surface area contributed by atoms with Crippen molar-refractivity contribution in [3.63, 3.8) is 0 Å². The van der Waals surface area contributed by atoms with Gasteiger partial charge in [-0.25, -0.2) is 0 Å². The Kier molecular flexibility index (Phi) is 4.99. The highest BCUT2D eigenvalue weighted by Gasteiger charge is 2.22. The summed E-state index contributed by atoms with van der Waals surface area (Å²) in [5.41, 5.74) is 4.39. The number of hydrogen-bond acceptors (Lipinski definition) is 0. The number of hydrogen-bond donors (Lipinski definition) is 0. The molecule has 111 valence electrons. The van der Waals surface area contributed by atoms with Crippen molar-refractivity contribution < 1.29 is 0 Å². The van der Waals surface area contributed by atoms with Crippen LogP contribution in [-0.4, -0.2) is 10.2 Å². The van der Waals surface area contributed by atoms with Crippen LogP contribution in [-0.2, 0) is 0 Å². The second-order valence-corrected chi connectivity index (χ2v) is 8.15. The van der Waals surface area contributed by atoms with Crippen molar-refractivity contribution in [2.45, 2.75) is 59.3 Å². The summed E-state index contributed by atoms with van der Waals surface area (Å²) in [6.45, 7) is 13.7. The van der Waals surface area contributed by atoms with Gasteiger partial charge in [0.2, 0.25) is 0 Å². The molecule has 0 amide bonds. The Bertz CT molecular complexity index is 669. The van der Waals surface area contributed by atoms with Gasteiger partial charge in [0, 0.05) is 4.47 Å². The van der Waals surface area contributed by atoms with Gasteiger partial charge in [-0.1, -0.05) is 80.9 Å². The minimum Gasteiger partial charge on any atom is -0.0667 e. The van der Waals surface area contributed by atoms with Crippen LogP contribution in [0, 0.1) is 0 Å². The Morgan fingerprint density at radius 2 is 1.29 bits per heavy atom. The van der Waals surface area contributed by atoms with E-state index in [2.05, 4.69) is 85.9 Å². The van der Waals surface area contributed by atoms with E-state index in [1.807, 2.05) is 0 Å². The summed E-state index contributed by atoms with van der Waals surface area (Å²) in [5.74, 6) is 1.53. The molecule has 0 fully saturated rings. The van der Waals surface area contributed by atoms with E-state index in [9.17, 15) is 0 Å². The molecular formula is C19H24BrSi. The summed E-state index contributed by atoms with van der Waals surface area (Å²) in [6.07, 6.45) is 0. The standard InChI is InChI=1S/C19H24BrSi/c1-10(2)16-14-8-7-13(21)9-15(14)17(11(3)4)19(20)18(16)12(5)6/h7-12H,1-6H3. The first-order valence-corrected chi connectivity index (χ1v) is 9.05. The highest BCUT2D eigenvalue weighted by Crippen LogP contribution is 2.43. The molecule has 0 nitrogen and oxygen atoms in total. The quantitative estimate of drug-likeness (QED) is 0.610. The van der Waals surface area contributed by atoms with Gasteiger partial charge >= 0.3 is 0 Å². The Labute approximate surface area is 140 Å². The molecule has 0 unspecified atom stereocenters. The fourth-order valence-corrected chi connectivity index (χ4v) is 4.85. The van der Waals surface area contributed by atoms with E-state index in [-0.39, 0.29) is 0 Å². The van der Waals surface area contributed by atoms with Crippen LogP contribution in [0.1, 0.15) is 76.0 Å². The van der Waals surface area contributed by atoms with Gasteiger partial charge in [-0.15, -0.1) is 0 Å². The first-order valence-electron chi connectivity index (χ1n) is 7.76. The third-order valence-electron chi connectivity index (χ3n) is 4.10. The highest BCUT2D eigenvalue weighted by atomic mass is 79.9. The zero-order valence-electron chi connectivity index (χ0n) is 13.8. The minimum atomic E-state index is 0.494. The van der Waals surface area contributed by atoms with Gasteiger partial charge in [0.15, 0.2) is 0 Å². The molecule has 0 bridgehead atoms. The van der Waals surface area contributed by atoms with E-state index in [0.717, 1.165) is 5.19 Å². The van der Waals surface area contributed by atoms with E-state index >= 15 is 0 Å². The van der Waals surface area contributed by atoms with Gasteiger partial charge in [-0.05, 0) is 45.2 Å². The fraction of sp³-hybridized carbons (Fsp3) is 0.474. The Hall–Kier alpha value is -0.603. The molecule has 2 rings (SSSR count). The SMILES string of the molecule is CC(C)c1c(Br)c(C(C)C)c2cc([Si])ccc2c1C(C)C. The van der Waals surface area contributed by atoms with Crippen molar-refractivity contribution in [1.82, 2.24) is 0 Å². The van der Waals surface area contributed by atoms with Crippen molar-refractivity contribution >= 4 is 42.1 Å². The minimum absolute atomic E-state index is 0.494. The highest BCUT2D eigenvalue weighted by molar-refractivity contribution is 9.10. The molecule has 21 heavy (non-hydrogen) atoms. The molecule has 0 N–H and O–H groups in total. The topological polar surface area (TPSA) is 0 Å². The lowest BCUT2D eigenvalue weighted by Crippen LogP contribution is -2.09. The molecule has 2 aromatic carbocycles. The van der Waals surface area contributed by atoms with Crippen molar-refractivity contribution in [2.24, 2.45) is 0 Å². The van der Waals surface area contributed by atoms with Gasteiger partial charge in [-0.3, -0.25) is 0 Å². The van der Waals surface area contributed by atoms with Gasteiger partial charge in [-0.2, -0.15) is 0 Å². The van der Waals surface area contributed by atoms with Gasteiger partial charge in [0.25, 0.3) is 0 Å². The average Bonchev–Trinajstić information content (AvgIpc) is 2.35. The fourth-order valence-electron chi connectivity index (χ4n) is 3.28. The second kappa shape index (κ2) is 6.25. The maximum Gasteiger partial charge on any atom is 0.0712 e. The molecule has 0 saturated heterocycles. The lowest BCUT2D eigenvalue weighted by atomic mass is 9.82. The molecule has 0 saturated carbocycles. The third kappa shape index (κ3) is 2.98. The summed E-state index contributed by atoms with van der Waals surface area (Å²) >= 11 is 3.93. The maximum atomic E-state index is 3.93. The molecule has 2 aromatic rings. The lowest BCUT2D eigenvalue weighted by molar-refractivity contribution is 0.781. The molecule has 2 heteroatoms. The van der Waals surface area contributed by atoms with E-state index in [0.29, 0.717) is 17.8 Å². The van der Waals surface area contributed by atoms with Crippen LogP contribution in [0.3, 0.4) is 0 Å². The summed E-state index contributed by atoms with van der Waals surface area (Å²) in [7, 11) is 3.69. The smallest absolute Gasteiger partial charge is 0.0667 e. The number of fused-ring (bicyclic) bond motifs is 1. The Morgan fingerprint density at radius 3 is 1.76 bits per heavy atom. The molecule has 0 atom stereocenters. The monoisotopic (exact) mass is 359 g/mol. The third-order valence-corrected chi connectivity index (χ3v) is 5.26. The Balaban J connectivity index is 3.05. The second-order valence-electron chi connectivity index (χ2n) is 6.78. The van der Waals surface area contributed by atoms with Crippen LogP contribution < -0.4 is 5.19 Å². The zero-order chi connectivity index (χ0) is 15.9. The first kappa shape index (κ1) is 16.8. The number of benzene rings is 2. The van der Waals surface area contributed by atoms with Crippen LogP contribution in [0.4, 0.5) is 0 Å². The largest absolute Gasteiger partial charge is 0.0712 e. The summed E-state index contributed by atoms with van der Waals surface area (Å²) < 4.78 is 1.31. The van der Waals surface area contributed by atoms with Crippen molar-refractivity contribution in [3.8, 4) is 0 Å². The van der Waals surface area contributed by atoms with Gasteiger partial charge in [0.1, 0.15) is 0 Å². The molecule has 0 aliphatic heterocycles. The molecular weight excluding hydrogens is 336 g/mol. The van der Waals surface area contributed by atoms with E-state index in [1.54, 1.807) is 0 Å². The van der Waals surface area contributed by atoms with Gasteiger partial charge in [0.05, 0.1) is 10.2 Å². The zero-order valence-corrected chi connectivity index (χ0v) is 16.4. The average molecular weight is 360 g/mol. The molecule has 0 spiro atoms. The van der Waals surface area contributed by atoms with Crippen LogP contribution in [0.15, 0.2) is 22.7 Å². The van der Waals surface area contributed by atoms with Crippen LogP contribution >= 0.6 is 15.9 Å². The van der Waals surface area contributed by atoms with Gasteiger partial charge < -0.3 is 0 Å². The molecule has 0 aliphatic carbocycles. The van der Waals surface area contributed by atoms with Crippen LogP contribution in [0.5, 0.6) is 0 Å². The normalized spacial score (nSPS) is 12.1. The number of halogens is 1. The molecule has 3 radical (unpaired) electrons. The van der Waals surface area contributed by atoms with E-state index < -0.39 is 0 Å². The van der Waals surface area contributed by atoms with Crippen molar-refractivity contribution in [3.05, 3.63) is 39.4 Å². The van der Waals surface area contributed by atoms with E-state index in [4.69, 9.17) is 0 Å². The van der Waals surface area contributed by atoms with E-state index in [1.165, 1.54) is 31.9 Å². The summed E-state index contributed by atoms with van der Waals surface area (Å²) in [5, 5.41) is 3.92. The van der Waals surface area contributed by atoms with Crippen LogP contribution in [0.2, 0.25) is 0 Å². The number of rotatable bonds is 3. The van der Waals surface area contributed by atoms with Crippen molar-refractivity contribution in [1.29, 1.82) is 0 Å². The maximum absolute atomic E-state index is 3.93. The predicted molar refractivity (Wildman–Crippen MR) is 99.3 cm³/mol. The van der Waals surface area contributed by atoms with Crippen LogP contribution in [0.25, 0.3) is 10.8 Å². The van der Waals surface area contributed by atoms with Crippen molar-refractivity contribution in [2.75, 3.05) is 0 Å². The predicted octanol–water partition coefficient (Wildman–Crippen LogP) is 5.77.